The number of hydrogen-bond acceptors (Lipinski definition) is 5. The van der Waals surface area contributed by atoms with Crippen LogP contribution in [0.4, 0.5) is 5.82 Å². The third-order valence-corrected chi connectivity index (χ3v) is 4.05. The number of carbonyl (C=O) groups is 1. The van der Waals surface area contributed by atoms with Crippen molar-refractivity contribution in [1.82, 2.24) is 10.5 Å². The molecule has 7 nitrogen and oxygen atoms in total. The van der Waals surface area contributed by atoms with E-state index in [-0.39, 0.29) is 30.4 Å². The molecule has 1 aromatic carbocycles. The zero-order chi connectivity index (χ0) is 16.0. The van der Waals surface area contributed by atoms with Crippen LogP contribution in [-0.4, -0.2) is 31.8 Å². The van der Waals surface area contributed by atoms with Crippen molar-refractivity contribution in [3.8, 4) is 0 Å². The first-order valence-corrected chi connectivity index (χ1v) is 8.34. The highest BCUT2D eigenvalue weighted by Crippen LogP contribution is 2.09. The Bertz CT molecular complexity index is 726. The van der Waals surface area contributed by atoms with Crippen LogP contribution in [-0.2, 0) is 21.2 Å². The average Bonchev–Trinajstić information content (AvgIpc) is 2.84. The highest BCUT2D eigenvalue weighted by molar-refractivity contribution is 7.92. The first-order valence-electron chi connectivity index (χ1n) is 6.69. The molecule has 0 aliphatic carbocycles. The molecule has 22 heavy (non-hydrogen) atoms. The lowest BCUT2D eigenvalue weighted by atomic mass is 10.1. The number of hydrogen-bond donors (Lipinski definition) is 2. The van der Waals surface area contributed by atoms with E-state index in [1.807, 2.05) is 30.3 Å². The summed E-state index contributed by atoms with van der Waals surface area (Å²) in [4.78, 5) is 11.7. The summed E-state index contributed by atoms with van der Waals surface area (Å²) in [6.07, 6.45) is 0.219. The lowest BCUT2D eigenvalue weighted by Crippen LogP contribution is -2.32. The van der Waals surface area contributed by atoms with E-state index >= 15 is 0 Å². The van der Waals surface area contributed by atoms with E-state index in [1.165, 1.54) is 6.07 Å². The molecule has 0 aliphatic rings. The lowest BCUT2D eigenvalue weighted by Gasteiger charge is -2.07. The van der Waals surface area contributed by atoms with Crippen LogP contribution < -0.4 is 10.0 Å². The van der Waals surface area contributed by atoms with Gasteiger partial charge in [-0.1, -0.05) is 35.5 Å². The number of amides is 1. The normalized spacial score (nSPS) is 11.1. The second kappa shape index (κ2) is 7.08. The van der Waals surface area contributed by atoms with Crippen LogP contribution >= 0.6 is 0 Å². The van der Waals surface area contributed by atoms with E-state index in [2.05, 4.69) is 15.2 Å². The topological polar surface area (TPSA) is 101 Å². The summed E-state index contributed by atoms with van der Waals surface area (Å²) in [6.45, 7) is 1.69. The molecule has 1 heterocycles. The fraction of sp³-hybridized carbons (Fsp3) is 0.286. The first kappa shape index (κ1) is 16.0. The highest BCUT2D eigenvalue weighted by Gasteiger charge is 2.13. The summed E-state index contributed by atoms with van der Waals surface area (Å²) in [6, 6.07) is 10.7. The van der Waals surface area contributed by atoms with E-state index in [0.717, 1.165) is 5.56 Å². The van der Waals surface area contributed by atoms with Crippen LogP contribution in [0.1, 0.15) is 11.3 Å². The molecule has 2 rings (SSSR count). The summed E-state index contributed by atoms with van der Waals surface area (Å²) in [5, 5.41) is 6.12. The molecule has 8 heteroatoms. The van der Waals surface area contributed by atoms with Crippen LogP contribution in [0.5, 0.6) is 0 Å². The van der Waals surface area contributed by atoms with Crippen molar-refractivity contribution in [2.24, 2.45) is 0 Å². The van der Waals surface area contributed by atoms with Crippen LogP contribution in [0.15, 0.2) is 40.9 Å². The van der Waals surface area contributed by atoms with E-state index in [4.69, 9.17) is 4.52 Å². The van der Waals surface area contributed by atoms with Gasteiger partial charge >= 0.3 is 0 Å². The Morgan fingerprint density at radius 3 is 2.64 bits per heavy atom. The minimum absolute atomic E-state index is 0.0256. The fourth-order valence-electron chi connectivity index (χ4n) is 1.79. The van der Waals surface area contributed by atoms with Gasteiger partial charge in [0.25, 0.3) is 0 Å². The molecule has 2 aromatic rings. The highest BCUT2D eigenvalue weighted by atomic mass is 32.2. The molecule has 0 saturated carbocycles. The molecule has 0 saturated heterocycles. The van der Waals surface area contributed by atoms with Crippen molar-refractivity contribution < 1.29 is 17.7 Å². The Labute approximate surface area is 128 Å². The summed E-state index contributed by atoms with van der Waals surface area (Å²) in [5.41, 5.74) is 0.874. The van der Waals surface area contributed by atoms with Crippen molar-refractivity contribution >= 4 is 21.7 Å². The fourth-order valence-corrected chi connectivity index (χ4v) is 2.68. The number of rotatable bonds is 7. The third-order valence-electron chi connectivity index (χ3n) is 2.79. The maximum absolute atomic E-state index is 11.8. The maximum atomic E-state index is 11.8. The second-order valence-corrected chi connectivity index (χ2v) is 6.60. The lowest BCUT2D eigenvalue weighted by molar-refractivity contribution is -0.120. The van der Waals surface area contributed by atoms with E-state index in [9.17, 15) is 13.2 Å². The summed E-state index contributed by atoms with van der Waals surface area (Å²) < 4.78 is 30.7. The van der Waals surface area contributed by atoms with E-state index in [0.29, 0.717) is 5.76 Å². The number of carbonyl (C=O) groups excluding carboxylic acids is 1. The van der Waals surface area contributed by atoms with Gasteiger partial charge in [0, 0.05) is 12.6 Å². The largest absolute Gasteiger partial charge is 0.360 e. The van der Waals surface area contributed by atoms with Crippen LogP contribution in [0.25, 0.3) is 0 Å². The molecular weight excluding hydrogens is 306 g/mol. The number of aromatic nitrogens is 1. The zero-order valence-corrected chi connectivity index (χ0v) is 12.9. The Morgan fingerprint density at radius 2 is 2.00 bits per heavy atom. The molecule has 1 amide bonds. The number of nitrogens with one attached hydrogen (secondary N) is 2. The van der Waals surface area contributed by atoms with Gasteiger partial charge in [0.15, 0.2) is 5.82 Å². The van der Waals surface area contributed by atoms with Gasteiger partial charge in [0.05, 0.1) is 12.2 Å². The predicted octanol–water partition coefficient (Wildman–Crippen LogP) is 1.08. The Balaban J connectivity index is 1.76. The SMILES string of the molecule is Cc1cc(NS(=O)(=O)CCNC(=O)Cc2ccccc2)no1. The minimum atomic E-state index is -3.58. The first-order chi connectivity index (χ1) is 10.4. The predicted molar refractivity (Wildman–Crippen MR) is 81.8 cm³/mol. The van der Waals surface area contributed by atoms with Gasteiger partial charge in [0.2, 0.25) is 15.9 Å². The van der Waals surface area contributed by atoms with Crippen LogP contribution in [0, 0.1) is 6.92 Å². The molecule has 0 fully saturated rings. The Kier molecular flexibility index (Phi) is 5.16. The number of aryl methyl sites for hydroxylation is 1. The molecule has 2 N–H and O–H groups in total. The average molecular weight is 323 g/mol. The smallest absolute Gasteiger partial charge is 0.235 e. The minimum Gasteiger partial charge on any atom is -0.360 e. The maximum Gasteiger partial charge on any atom is 0.235 e. The Hall–Kier alpha value is -2.35. The standard InChI is InChI=1S/C14H17N3O4S/c1-11-9-13(16-21-11)17-22(19,20)8-7-15-14(18)10-12-5-3-2-4-6-12/h2-6,9H,7-8,10H2,1H3,(H,15,18)(H,16,17). The monoisotopic (exact) mass is 323 g/mol. The number of benzene rings is 1. The number of anilines is 1. The van der Waals surface area contributed by atoms with Crippen molar-refractivity contribution in [3.05, 3.63) is 47.7 Å². The zero-order valence-electron chi connectivity index (χ0n) is 12.1. The number of sulfonamides is 1. The van der Waals surface area contributed by atoms with Gasteiger partial charge in [-0.25, -0.2) is 8.42 Å². The van der Waals surface area contributed by atoms with Crippen LogP contribution in [0.2, 0.25) is 0 Å². The summed E-state index contributed by atoms with van der Waals surface area (Å²) >= 11 is 0. The summed E-state index contributed by atoms with van der Waals surface area (Å²) in [7, 11) is -3.58. The van der Waals surface area contributed by atoms with Gasteiger partial charge in [-0.2, -0.15) is 0 Å². The third kappa shape index (κ3) is 5.21. The van der Waals surface area contributed by atoms with Gasteiger partial charge < -0.3 is 9.84 Å². The second-order valence-electron chi connectivity index (χ2n) is 4.76. The van der Waals surface area contributed by atoms with Crippen LogP contribution in [0.3, 0.4) is 0 Å². The van der Waals surface area contributed by atoms with E-state index in [1.54, 1.807) is 6.92 Å². The van der Waals surface area contributed by atoms with Gasteiger partial charge in [-0.3, -0.25) is 9.52 Å². The van der Waals surface area contributed by atoms with Gasteiger partial charge in [0.1, 0.15) is 5.76 Å². The van der Waals surface area contributed by atoms with Crippen molar-refractivity contribution in [1.29, 1.82) is 0 Å². The van der Waals surface area contributed by atoms with Gasteiger partial charge in [-0.15, -0.1) is 0 Å². The molecule has 0 bridgehead atoms. The van der Waals surface area contributed by atoms with Gasteiger partial charge in [-0.05, 0) is 12.5 Å². The Morgan fingerprint density at radius 1 is 1.27 bits per heavy atom. The molecule has 0 atom stereocenters. The molecule has 1 aromatic heterocycles. The molecule has 118 valence electrons. The quantitative estimate of drug-likeness (QED) is 0.794. The van der Waals surface area contributed by atoms with Crippen molar-refractivity contribution in [2.45, 2.75) is 13.3 Å². The number of nitrogens with zero attached hydrogens (tertiary/aromatic N) is 1. The van der Waals surface area contributed by atoms with E-state index < -0.39 is 10.0 Å². The molecular formula is C14H17N3O4S. The molecule has 0 radical (unpaired) electrons. The molecule has 0 aliphatic heterocycles. The van der Waals surface area contributed by atoms with Crippen molar-refractivity contribution in [2.75, 3.05) is 17.0 Å². The summed E-state index contributed by atoms with van der Waals surface area (Å²) in [5.74, 6) is 0.181. The van der Waals surface area contributed by atoms with Crippen molar-refractivity contribution in [3.63, 3.8) is 0 Å². The molecule has 0 spiro atoms. The molecule has 0 unspecified atom stereocenters.